The molecule has 3 aromatic rings. The predicted molar refractivity (Wildman–Crippen MR) is 63.0 cm³/mol. The highest BCUT2D eigenvalue weighted by Crippen LogP contribution is 2.23. The Balaban J connectivity index is 1.99. The first-order valence-corrected chi connectivity index (χ1v) is 5.22. The van der Waals surface area contributed by atoms with Crippen LogP contribution in [0.3, 0.4) is 0 Å². The topological polar surface area (TPSA) is 51.8 Å². The number of nitrogens with zero attached hydrogens (tertiary/aromatic N) is 3. The minimum atomic E-state index is 0.693. The summed E-state index contributed by atoms with van der Waals surface area (Å²) in [6.07, 6.45) is 5.19. The lowest BCUT2D eigenvalue weighted by Gasteiger charge is -1.91. The zero-order valence-corrected chi connectivity index (χ0v) is 8.95. The third-order valence-corrected chi connectivity index (χ3v) is 2.38. The van der Waals surface area contributed by atoms with Crippen molar-refractivity contribution in [3.63, 3.8) is 0 Å². The normalized spacial score (nSPS) is 10.4. The molecule has 0 radical (unpaired) electrons. The van der Waals surface area contributed by atoms with Crippen molar-refractivity contribution >= 4 is 0 Å². The summed E-state index contributed by atoms with van der Waals surface area (Å²) in [5.41, 5.74) is 2.43. The molecule has 0 fully saturated rings. The Morgan fingerprint density at radius 2 is 1.94 bits per heavy atom. The van der Waals surface area contributed by atoms with Gasteiger partial charge < -0.3 is 4.52 Å². The van der Waals surface area contributed by atoms with Gasteiger partial charge in [-0.05, 0) is 24.3 Å². The number of hydrogen-bond donors (Lipinski definition) is 0. The van der Waals surface area contributed by atoms with Crippen molar-refractivity contribution in [2.75, 3.05) is 0 Å². The van der Waals surface area contributed by atoms with Crippen LogP contribution in [0.5, 0.6) is 0 Å². The second-order valence-corrected chi connectivity index (χ2v) is 3.53. The second kappa shape index (κ2) is 4.17. The van der Waals surface area contributed by atoms with Crippen LogP contribution < -0.4 is 0 Å². The average molecular weight is 223 g/mol. The maximum Gasteiger partial charge on any atom is 0.169 e. The summed E-state index contributed by atoms with van der Waals surface area (Å²) in [7, 11) is 0. The van der Waals surface area contributed by atoms with Crippen LogP contribution in [-0.4, -0.2) is 15.1 Å². The van der Waals surface area contributed by atoms with Crippen molar-refractivity contribution in [3.8, 4) is 22.7 Å². The van der Waals surface area contributed by atoms with Gasteiger partial charge in [0.25, 0.3) is 0 Å². The van der Waals surface area contributed by atoms with Gasteiger partial charge >= 0.3 is 0 Å². The largest absolute Gasteiger partial charge is 0.356 e. The molecule has 0 unspecified atom stereocenters. The van der Waals surface area contributed by atoms with Gasteiger partial charge in [-0.2, -0.15) is 0 Å². The van der Waals surface area contributed by atoms with E-state index in [0.717, 1.165) is 17.0 Å². The minimum Gasteiger partial charge on any atom is -0.356 e. The molecule has 0 spiro atoms. The summed E-state index contributed by atoms with van der Waals surface area (Å²) in [6, 6.07) is 11.3. The van der Waals surface area contributed by atoms with Gasteiger partial charge in [0.15, 0.2) is 5.76 Å². The fourth-order valence-corrected chi connectivity index (χ4v) is 1.55. The van der Waals surface area contributed by atoms with Crippen molar-refractivity contribution in [3.05, 3.63) is 55.0 Å². The third kappa shape index (κ3) is 1.92. The number of aromatic nitrogens is 3. The smallest absolute Gasteiger partial charge is 0.169 e. The van der Waals surface area contributed by atoms with Crippen LogP contribution in [0.4, 0.5) is 0 Å². The molecule has 3 aromatic heterocycles. The molecule has 4 nitrogen and oxygen atoms in total. The number of hydrogen-bond acceptors (Lipinski definition) is 4. The summed E-state index contributed by atoms with van der Waals surface area (Å²) in [4.78, 5) is 8.26. The van der Waals surface area contributed by atoms with Crippen molar-refractivity contribution in [2.24, 2.45) is 0 Å². The van der Waals surface area contributed by atoms with Gasteiger partial charge in [0, 0.05) is 30.2 Å². The first-order valence-electron chi connectivity index (χ1n) is 5.22. The lowest BCUT2D eigenvalue weighted by molar-refractivity contribution is 0.434. The molecule has 0 atom stereocenters. The Bertz CT molecular complexity index is 551. The summed E-state index contributed by atoms with van der Waals surface area (Å²) in [5, 5.41) is 4.00. The Labute approximate surface area is 98.0 Å². The van der Waals surface area contributed by atoms with Gasteiger partial charge in [-0.3, -0.25) is 9.97 Å². The summed E-state index contributed by atoms with van der Waals surface area (Å²) in [5.74, 6) is 0.693. The van der Waals surface area contributed by atoms with Crippen molar-refractivity contribution < 1.29 is 4.52 Å². The van der Waals surface area contributed by atoms with Gasteiger partial charge in [0.05, 0.1) is 5.69 Å². The van der Waals surface area contributed by atoms with Crippen molar-refractivity contribution in [1.82, 2.24) is 15.1 Å². The quantitative estimate of drug-likeness (QED) is 0.670. The third-order valence-electron chi connectivity index (χ3n) is 2.38. The van der Waals surface area contributed by atoms with Gasteiger partial charge in [0.1, 0.15) is 5.69 Å². The Hall–Kier alpha value is -2.49. The SMILES string of the molecule is c1ccc(-c2cc(-c3cccnc3)on2)nc1. The molecule has 0 aromatic carbocycles. The fraction of sp³-hybridized carbons (Fsp3) is 0. The molecule has 0 saturated carbocycles. The van der Waals surface area contributed by atoms with E-state index in [1.54, 1.807) is 18.6 Å². The van der Waals surface area contributed by atoms with E-state index in [-0.39, 0.29) is 0 Å². The van der Waals surface area contributed by atoms with E-state index in [4.69, 9.17) is 4.52 Å². The second-order valence-electron chi connectivity index (χ2n) is 3.53. The maximum atomic E-state index is 5.28. The molecule has 4 heteroatoms. The first-order chi connectivity index (χ1) is 8.43. The zero-order chi connectivity index (χ0) is 11.5. The van der Waals surface area contributed by atoms with E-state index < -0.39 is 0 Å². The van der Waals surface area contributed by atoms with Crippen molar-refractivity contribution in [1.29, 1.82) is 0 Å². The van der Waals surface area contributed by atoms with E-state index >= 15 is 0 Å². The lowest BCUT2D eigenvalue weighted by atomic mass is 10.2. The fourth-order valence-electron chi connectivity index (χ4n) is 1.55. The van der Waals surface area contributed by atoms with Crippen LogP contribution in [0.2, 0.25) is 0 Å². The molecule has 0 amide bonds. The van der Waals surface area contributed by atoms with Crippen LogP contribution in [-0.2, 0) is 0 Å². The van der Waals surface area contributed by atoms with Crippen LogP contribution in [0.25, 0.3) is 22.7 Å². The monoisotopic (exact) mass is 223 g/mol. The summed E-state index contributed by atoms with van der Waals surface area (Å²) < 4.78 is 5.28. The molecule has 0 aliphatic heterocycles. The highest BCUT2D eigenvalue weighted by atomic mass is 16.5. The van der Waals surface area contributed by atoms with E-state index in [2.05, 4.69) is 15.1 Å². The summed E-state index contributed by atoms with van der Waals surface area (Å²) in [6.45, 7) is 0. The lowest BCUT2D eigenvalue weighted by Crippen LogP contribution is -1.79. The van der Waals surface area contributed by atoms with Gasteiger partial charge in [-0.15, -0.1) is 0 Å². The van der Waals surface area contributed by atoms with Crippen LogP contribution in [0.15, 0.2) is 59.5 Å². The molecular formula is C13H9N3O. The van der Waals surface area contributed by atoms with Crippen molar-refractivity contribution in [2.45, 2.75) is 0 Å². The predicted octanol–water partition coefficient (Wildman–Crippen LogP) is 2.80. The minimum absolute atomic E-state index is 0.693. The van der Waals surface area contributed by atoms with Crippen LogP contribution >= 0.6 is 0 Å². The van der Waals surface area contributed by atoms with E-state index in [1.165, 1.54) is 0 Å². The number of rotatable bonds is 2. The summed E-state index contributed by atoms with van der Waals surface area (Å²) >= 11 is 0. The first kappa shape index (κ1) is 9.72. The molecule has 0 bridgehead atoms. The molecule has 17 heavy (non-hydrogen) atoms. The molecule has 0 saturated heterocycles. The van der Waals surface area contributed by atoms with Gasteiger partial charge in [-0.25, -0.2) is 0 Å². The Morgan fingerprint density at radius 1 is 0.941 bits per heavy atom. The van der Waals surface area contributed by atoms with Crippen LogP contribution in [0.1, 0.15) is 0 Å². The Kier molecular flexibility index (Phi) is 2.38. The standard InChI is InChI=1S/C13H9N3O/c1-2-7-15-11(5-1)12-8-13(17-16-12)10-4-3-6-14-9-10/h1-9H. The molecule has 0 N–H and O–H groups in total. The maximum absolute atomic E-state index is 5.28. The zero-order valence-electron chi connectivity index (χ0n) is 8.95. The molecule has 0 aliphatic carbocycles. The number of pyridine rings is 2. The van der Waals surface area contributed by atoms with E-state index in [0.29, 0.717) is 5.76 Å². The molecule has 0 aliphatic rings. The van der Waals surface area contributed by atoms with E-state index in [9.17, 15) is 0 Å². The molecular weight excluding hydrogens is 214 g/mol. The van der Waals surface area contributed by atoms with Gasteiger partial charge in [-0.1, -0.05) is 11.2 Å². The average Bonchev–Trinajstić information content (AvgIpc) is 2.90. The Morgan fingerprint density at radius 3 is 2.71 bits per heavy atom. The molecule has 3 heterocycles. The van der Waals surface area contributed by atoms with Crippen LogP contribution in [0, 0.1) is 0 Å². The molecule has 82 valence electrons. The highest BCUT2D eigenvalue weighted by Gasteiger charge is 2.08. The van der Waals surface area contributed by atoms with E-state index in [1.807, 2.05) is 36.4 Å². The van der Waals surface area contributed by atoms with Gasteiger partial charge in [0.2, 0.25) is 0 Å². The highest BCUT2D eigenvalue weighted by molar-refractivity contribution is 5.63. The molecule has 3 rings (SSSR count).